The highest BCUT2D eigenvalue weighted by molar-refractivity contribution is 7.90. The number of carbonyl (C=O) groups is 1. The van der Waals surface area contributed by atoms with Gasteiger partial charge in [-0.25, -0.2) is 13.1 Å². The van der Waals surface area contributed by atoms with Crippen molar-refractivity contribution >= 4 is 16.0 Å². The Bertz CT molecular complexity index is 422. The van der Waals surface area contributed by atoms with E-state index in [9.17, 15) is 13.2 Å². The van der Waals surface area contributed by atoms with E-state index in [1.54, 1.807) is 0 Å². The molecule has 1 aliphatic rings. The first kappa shape index (κ1) is 17.4. The van der Waals surface area contributed by atoms with Crippen LogP contribution in [0.4, 0.5) is 0 Å². The van der Waals surface area contributed by atoms with Crippen LogP contribution in [0, 0.1) is 5.92 Å². The van der Waals surface area contributed by atoms with E-state index in [0.29, 0.717) is 12.8 Å². The molecule has 1 N–H and O–H groups in total. The van der Waals surface area contributed by atoms with Crippen molar-refractivity contribution < 1.29 is 17.9 Å². The summed E-state index contributed by atoms with van der Waals surface area (Å²) in [6.07, 6.45) is 2.60. The normalized spacial score (nSPS) is 24.9. The van der Waals surface area contributed by atoms with Crippen LogP contribution in [0.2, 0.25) is 0 Å². The van der Waals surface area contributed by atoms with E-state index in [4.69, 9.17) is 4.74 Å². The van der Waals surface area contributed by atoms with E-state index in [0.717, 1.165) is 19.4 Å². The minimum Gasteiger partial charge on any atom is -0.469 e. The highest BCUT2D eigenvalue weighted by atomic mass is 32.2. The molecule has 0 radical (unpaired) electrons. The average Bonchev–Trinajstić information content (AvgIpc) is 2.85. The van der Waals surface area contributed by atoms with Crippen molar-refractivity contribution in [2.24, 2.45) is 5.92 Å². The summed E-state index contributed by atoms with van der Waals surface area (Å²) in [6, 6.07) is -0.138. The van der Waals surface area contributed by atoms with E-state index in [-0.39, 0.29) is 6.04 Å². The molecule has 0 aromatic heterocycles. The molecule has 20 heavy (non-hydrogen) atoms. The van der Waals surface area contributed by atoms with Crippen molar-refractivity contribution in [2.75, 3.05) is 27.7 Å². The molecule has 1 rings (SSSR count). The van der Waals surface area contributed by atoms with Crippen molar-refractivity contribution in [3.05, 3.63) is 0 Å². The Morgan fingerprint density at radius 2 is 2.05 bits per heavy atom. The van der Waals surface area contributed by atoms with E-state index in [1.807, 2.05) is 25.9 Å². The lowest BCUT2D eigenvalue weighted by Gasteiger charge is -2.22. The molecule has 0 amide bonds. The van der Waals surface area contributed by atoms with Gasteiger partial charge >= 0.3 is 5.97 Å². The molecule has 3 atom stereocenters. The molecular formula is C13H26N2O4S. The maximum absolute atomic E-state index is 12.4. The van der Waals surface area contributed by atoms with Crippen LogP contribution in [-0.2, 0) is 19.6 Å². The molecule has 1 aliphatic carbocycles. The van der Waals surface area contributed by atoms with Crippen LogP contribution in [-0.4, -0.2) is 58.3 Å². The third kappa shape index (κ3) is 4.71. The SMILES string of the molecule is COC(=O)C1CCCC1S(=O)(=O)NC(C)CCN(C)C. The Hall–Kier alpha value is -0.660. The van der Waals surface area contributed by atoms with Crippen LogP contribution < -0.4 is 4.72 Å². The van der Waals surface area contributed by atoms with Gasteiger partial charge in [0.2, 0.25) is 10.0 Å². The second-order valence-electron chi connectivity index (χ2n) is 5.75. The van der Waals surface area contributed by atoms with Crippen LogP contribution >= 0.6 is 0 Å². The maximum atomic E-state index is 12.4. The summed E-state index contributed by atoms with van der Waals surface area (Å²) in [6.45, 7) is 2.66. The van der Waals surface area contributed by atoms with Crippen LogP contribution in [0.5, 0.6) is 0 Å². The van der Waals surface area contributed by atoms with Crippen LogP contribution in [0.15, 0.2) is 0 Å². The maximum Gasteiger partial charge on any atom is 0.310 e. The third-order valence-electron chi connectivity index (χ3n) is 3.73. The van der Waals surface area contributed by atoms with E-state index < -0.39 is 27.2 Å². The average molecular weight is 306 g/mol. The van der Waals surface area contributed by atoms with Crippen LogP contribution in [0.3, 0.4) is 0 Å². The Labute approximate surface area is 121 Å². The summed E-state index contributed by atoms with van der Waals surface area (Å²) in [7, 11) is 1.72. The quantitative estimate of drug-likeness (QED) is 0.697. The van der Waals surface area contributed by atoms with Gasteiger partial charge in [-0.1, -0.05) is 6.42 Å². The second kappa shape index (κ2) is 7.38. The van der Waals surface area contributed by atoms with E-state index in [2.05, 4.69) is 4.72 Å². The molecule has 0 heterocycles. The third-order valence-corrected chi connectivity index (χ3v) is 5.82. The largest absolute Gasteiger partial charge is 0.469 e. The summed E-state index contributed by atoms with van der Waals surface area (Å²) in [4.78, 5) is 13.7. The second-order valence-corrected chi connectivity index (χ2v) is 7.69. The minimum absolute atomic E-state index is 0.138. The van der Waals surface area contributed by atoms with Gasteiger partial charge in [-0.05, 0) is 46.8 Å². The van der Waals surface area contributed by atoms with Gasteiger partial charge in [-0.3, -0.25) is 4.79 Å². The zero-order chi connectivity index (χ0) is 15.3. The topological polar surface area (TPSA) is 75.7 Å². The molecule has 6 nitrogen and oxygen atoms in total. The number of hydrogen-bond donors (Lipinski definition) is 1. The molecule has 0 saturated heterocycles. The number of nitrogens with zero attached hydrogens (tertiary/aromatic N) is 1. The number of esters is 1. The van der Waals surface area contributed by atoms with Crippen molar-refractivity contribution in [1.29, 1.82) is 0 Å². The van der Waals surface area contributed by atoms with E-state index in [1.165, 1.54) is 7.11 Å². The standard InChI is InChI=1S/C13H26N2O4S/c1-10(8-9-15(2)3)14-20(17,18)12-7-5-6-11(12)13(16)19-4/h10-12,14H,5-9H2,1-4H3. The molecule has 0 bridgehead atoms. The van der Waals surface area contributed by atoms with Gasteiger partial charge in [0, 0.05) is 6.04 Å². The number of carbonyl (C=O) groups excluding carboxylic acids is 1. The van der Waals surface area contributed by atoms with Crippen molar-refractivity contribution in [1.82, 2.24) is 9.62 Å². The Kier molecular flexibility index (Phi) is 6.42. The lowest BCUT2D eigenvalue weighted by Crippen LogP contribution is -2.43. The van der Waals surface area contributed by atoms with Gasteiger partial charge in [-0.2, -0.15) is 0 Å². The van der Waals surface area contributed by atoms with Crippen molar-refractivity contribution in [3.8, 4) is 0 Å². The Morgan fingerprint density at radius 3 is 2.60 bits per heavy atom. The van der Waals surface area contributed by atoms with E-state index >= 15 is 0 Å². The van der Waals surface area contributed by atoms with Crippen molar-refractivity contribution in [2.45, 2.75) is 43.9 Å². The fourth-order valence-electron chi connectivity index (χ4n) is 2.60. The first-order valence-corrected chi connectivity index (χ1v) is 8.56. The number of methoxy groups -OCH3 is 1. The molecule has 0 aliphatic heterocycles. The summed E-state index contributed by atoms with van der Waals surface area (Å²) in [5.41, 5.74) is 0. The molecule has 1 fully saturated rings. The Balaban J connectivity index is 2.65. The number of hydrogen-bond acceptors (Lipinski definition) is 5. The lowest BCUT2D eigenvalue weighted by molar-refractivity contribution is -0.145. The predicted molar refractivity (Wildman–Crippen MR) is 77.8 cm³/mol. The van der Waals surface area contributed by atoms with Gasteiger partial charge in [0.25, 0.3) is 0 Å². The first-order chi connectivity index (χ1) is 9.27. The van der Waals surface area contributed by atoms with Crippen molar-refractivity contribution in [3.63, 3.8) is 0 Å². The Morgan fingerprint density at radius 1 is 1.40 bits per heavy atom. The van der Waals surface area contributed by atoms with Gasteiger partial charge in [0.1, 0.15) is 0 Å². The zero-order valence-electron chi connectivity index (χ0n) is 12.8. The molecular weight excluding hydrogens is 280 g/mol. The van der Waals surface area contributed by atoms with Crippen LogP contribution in [0.1, 0.15) is 32.6 Å². The first-order valence-electron chi connectivity index (χ1n) is 7.01. The summed E-state index contributed by atoms with van der Waals surface area (Å²) in [5.74, 6) is -0.947. The highest BCUT2D eigenvalue weighted by Crippen LogP contribution is 2.31. The monoisotopic (exact) mass is 306 g/mol. The molecule has 7 heteroatoms. The van der Waals surface area contributed by atoms with Gasteiger partial charge < -0.3 is 9.64 Å². The number of ether oxygens (including phenoxy) is 1. The molecule has 0 spiro atoms. The van der Waals surface area contributed by atoms with Gasteiger partial charge in [0.05, 0.1) is 18.3 Å². The number of rotatable bonds is 7. The predicted octanol–water partition coefficient (Wildman–Crippen LogP) is 0.588. The number of nitrogens with one attached hydrogen (secondary N) is 1. The fourth-order valence-corrected chi connectivity index (χ4v) is 4.61. The fraction of sp³-hybridized carbons (Fsp3) is 0.923. The molecule has 0 aromatic carbocycles. The lowest BCUT2D eigenvalue weighted by atomic mass is 10.1. The minimum atomic E-state index is -3.48. The van der Waals surface area contributed by atoms with Gasteiger partial charge in [-0.15, -0.1) is 0 Å². The number of sulfonamides is 1. The molecule has 1 saturated carbocycles. The highest BCUT2D eigenvalue weighted by Gasteiger charge is 2.42. The zero-order valence-corrected chi connectivity index (χ0v) is 13.6. The molecule has 0 aromatic rings. The summed E-state index contributed by atoms with van der Waals surface area (Å²) in [5, 5.41) is -0.656. The van der Waals surface area contributed by atoms with Crippen LogP contribution in [0.25, 0.3) is 0 Å². The summed E-state index contributed by atoms with van der Waals surface area (Å²) < 4.78 is 32.2. The smallest absolute Gasteiger partial charge is 0.310 e. The summed E-state index contributed by atoms with van der Waals surface area (Å²) >= 11 is 0. The molecule has 118 valence electrons. The molecule has 3 unspecified atom stereocenters. The van der Waals surface area contributed by atoms with Gasteiger partial charge in [0.15, 0.2) is 0 Å².